The fourth-order valence-corrected chi connectivity index (χ4v) is 4.74. The van der Waals surface area contributed by atoms with Crippen LogP contribution in [0.4, 0.5) is 11.4 Å². The Morgan fingerprint density at radius 1 is 0.935 bits per heavy atom. The Hall–Kier alpha value is -3.16. The van der Waals surface area contributed by atoms with E-state index in [4.69, 9.17) is 0 Å². The molecule has 0 saturated carbocycles. The van der Waals surface area contributed by atoms with Gasteiger partial charge in [0, 0.05) is 22.1 Å². The Balaban J connectivity index is 1.29. The molecule has 0 aliphatic carbocycles. The topological polar surface area (TPSA) is 71.1 Å². The van der Waals surface area contributed by atoms with Crippen molar-refractivity contribution in [2.24, 2.45) is 0 Å². The van der Waals surface area contributed by atoms with Crippen LogP contribution in [0.1, 0.15) is 11.3 Å². The second-order valence-electron chi connectivity index (χ2n) is 7.06. The standard InChI is InChI=1S/C24H21N3O2S2/c1-16-9-11-18(12-10-16)25-23(29)15-31-24-26-19(14-30-24)13-22(28)27-21-8-4-6-17-5-2-3-7-20(17)21/h2-12,14H,13,15H2,1H3,(H,25,29)(H,27,28). The van der Waals surface area contributed by atoms with Gasteiger partial charge in [-0.3, -0.25) is 9.59 Å². The number of thioether (sulfide) groups is 1. The van der Waals surface area contributed by atoms with E-state index in [1.54, 1.807) is 0 Å². The van der Waals surface area contributed by atoms with Gasteiger partial charge in [0.15, 0.2) is 4.34 Å². The lowest BCUT2D eigenvalue weighted by Crippen LogP contribution is -2.15. The maximum Gasteiger partial charge on any atom is 0.234 e. The molecule has 0 radical (unpaired) electrons. The van der Waals surface area contributed by atoms with Gasteiger partial charge in [-0.25, -0.2) is 4.98 Å². The number of thiazole rings is 1. The number of carbonyl (C=O) groups excluding carboxylic acids is 2. The zero-order valence-electron chi connectivity index (χ0n) is 16.9. The smallest absolute Gasteiger partial charge is 0.234 e. The number of fused-ring (bicyclic) bond motifs is 1. The molecule has 1 aromatic heterocycles. The van der Waals surface area contributed by atoms with Crippen LogP contribution >= 0.6 is 23.1 Å². The Bertz CT molecular complexity index is 1210. The van der Waals surface area contributed by atoms with Crippen LogP contribution < -0.4 is 10.6 Å². The summed E-state index contributed by atoms with van der Waals surface area (Å²) in [6.45, 7) is 2.00. The molecule has 1 heterocycles. The van der Waals surface area contributed by atoms with E-state index in [1.807, 2.05) is 79.0 Å². The number of carbonyl (C=O) groups is 2. The summed E-state index contributed by atoms with van der Waals surface area (Å²) in [6.07, 6.45) is 0.190. The quantitative estimate of drug-likeness (QED) is 0.366. The summed E-state index contributed by atoms with van der Waals surface area (Å²) >= 11 is 2.81. The Morgan fingerprint density at radius 2 is 1.71 bits per heavy atom. The van der Waals surface area contributed by atoms with Crippen LogP contribution in [0.5, 0.6) is 0 Å². The third-order valence-corrected chi connectivity index (χ3v) is 6.67. The minimum Gasteiger partial charge on any atom is -0.325 e. The average molecular weight is 448 g/mol. The Morgan fingerprint density at radius 3 is 2.55 bits per heavy atom. The van der Waals surface area contributed by atoms with Crippen molar-refractivity contribution < 1.29 is 9.59 Å². The maximum atomic E-state index is 12.5. The molecule has 4 rings (SSSR count). The number of anilines is 2. The molecular weight excluding hydrogens is 426 g/mol. The van der Waals surface area contributed by atoms with Crippen molar-refractivity contribution in [3.8, 4) is 0 Å². The molecule has 31 heavy (non-hydrogen) atoms. The normalized spacial score (nSPS) is 10.7. The minimum absolute atomic E-state index is 0.0840. The summed E-state index contributed by atoms with van der Waals surface area (Å²) in [7, 11) is 0. The molecule has 0 spiro atoms. The van der Waals surface area contributed by atoms with Gasteiger partial charge in [-0.15, -0.1) is 11.3 Å². The van der Waals surface area contributed by atoms with Gasteiger partial charge in [-0.2, -0.15) is 0 Å². The Kier molecular flexibility index (Phi) is 6.64. The lowest BCUT2D eigenvalue weighted by atomic mass is 10.1. The monoisotopic (exact) mass is 447 g/mol. The summed E-state index contributed by atoms with van der Waals surface area (Å²) < 4.78 is 0.770. The minimum atomic E-state index is -0.115. The van der Waals surface area contributed by atoms with E-state index in [1.165, 1.54) is 23.1 Å². The highest BCUT2D eigenvalue weighted by Gasteiger charge is 2.11. The summed E-state index contributed by atoms with van der Waals surface area (Å²) in [5, 5.41) is 9.80. The van der Waals surface area contributed by atoms with E-state index in [9.17, 15) is 9.59 Å². The third kappa shape index (κ3) is 5.71. The SMILES string of the molecule is Cc1ccc(NC(=O)CSc2nc(CC(=O)Nc3cccc4ccccc34)cs2)cc1. The lowest BCUT2D eigenvalue weighted by molar-refractivity contribution is -0.116. The van der Waals surface area contributed by atoms with Gasteiger partial charge in [0.25, 0.3) is 0 Å². The molecule has 0 saturated heterocycles. The second kappa shape index (κ2) is 9.76. The van der Waals surface area contributed by atoms with Crippen molar-refractivity contribution in [2.75, 3.05) is 16.4 Å². The van der Waals surface area contributed by atoms with Crippen LogP contribution in [0.3, 0.4) is 0 Å². The molecule has 0 bridgehead atoms. The van der Waals surface area contributed by atoms with Crippen LogP contribution in [0.15, 0.2) is 76.4 Å². The van der Waals surface area contributed by atoms with Crippen molar-refractivity contribution in [3.05, 3.63) is 83.4 Å². The number of benzene rings is 3. The molecule has 0 unspecified atom stereocenters. The lowest BCUT2D eigenvalue weighted by Gasteiger charge is -2.08. The largest absolute Gasteiger partial charge is 0.325 e. The van der Waals surface area contributed by atoms with Crippen molar-refractivity contribution in [2.45, 2.75) is 17.7 Å². The van der Waals surface area contributed by atoms with Crippen LogP contribution in [-0.4, -0.2) is 22.6 Å². The first kappa shape index (κ1) is 21.1. The van der Waals surface area contributed by atoms with Gasteiger partial charge < -0.3 is 10.6 Å². The second-order valence-corrected chi connectivity index (χ2v) is 9.14. The van der Waals surface area contributed by atoms with Gasteiger partial charge in [-0.05, 0) is 30.5 Å². The van der Waals surface area contributed by atoms with Gasteiger partial charge in [-0.1, -0.05) is 65.9 Å². The molecule has 7 heteroatoms. The van der Waals surface area contributed by atoms with Crippen LogP contribution in [0, 0.1) is 6.92 Å². The summed E-state index contributed by atoms with van der Waals surface area (Å²) in [6, 6.07) is 21.5. The summed E-state index contributed by atoms with van der Waals surface area (Å²) in [4.78, 5) is 29.1. The van der Waals surface area contributed by atoms with E-state index < -0.39 is 0 Å². The van der Waals surface area contributed by atoms with E-state index in [0.29, 0.717) is 5.69 Å². The number of nitrogens with zero attached hydrogens (tertiary/aromatic N) is 1. The van der Waals surface area contributed by atoms with E-state index in [2.05, 4.69) is 15.6 Å². The molecule has 3 aromatic carbocycles. The molecular formula is C24H21N3O2S2. The number of aryl methyl sites for hydroxylation is 1. The highest BCUT2D eigenvalue weighted by molar-refractivity contribution is 8.01. The molecule has 0 aliphatic heterocycles. The van der Waals surface area contributed by atoms with Crippen molar-refractivity contribution in [3.63, 3.8) is 0 Å². The fourth-order valence-electron chi connectivity index (χ4n) is 3.09. The van der Waals surface area contributed by atoms with Gasteiger partial charge >= 0.3 is 0 Å². The predicted molar refractivity (Wildman–Crippen MR) is 129 cm³/mol. The zero-order chi connectivity index (χ0) is 21.6. The number of hydrogen-bond acceptors (Lipinski definition) is 5. The summed E-state index contributed by atoms with van der Waals surface area (Å²) in [5.41, 5.74) is 3.41. The third-order valence-electron chi connectivity index (χ3n) is 4.60. The maximum absolute atomic E-state index is 12.5. The molecule has 156 valence electrons. The molecule has 0 fully saturated rings. The number of hydrogen-bond donors (Lipinski definition) is 2. The molecule has 4 aromatic rings. The number of nitrogens with one attached hydrogen (secondary N) is 2. The summed E-state index contributed by atoms with van der Waals surface area (Å²) in [5.74, 6) is 0.0675. The molecule has 0 atom stereocenters. The molecule has 2 N–H and O–H groups in total. The first-order valence-electron chi connectivity index (χ1n) is 9.78. The van der Waals surface area contributed by atoms with Crippen molar-refractivity contribution >= 4 is 57.1 Å². The molecule has 0 aliphatic rings. The van der Waals surface area contributed by atoms with E-state index in [-0.39, 0.29) is 24.0 Å². The fraction of sp³-hybridized carbons (Fsp3) is 0.125. The highest BCUT2D eigenvalue weighted by Crippen LogP contribution is 2.25. The van der Waals surface area contributed by atoms with E-state index in [0.717, 1.165) is 32.1 Å². The first-order chi connectivity index (χ1) is 15.1. The number of rotatable bonds is 7. The van der Waals surface area contributed by atoms with Crippen LogP contribution in [-0.2, 0) is 16.0 Å². The highest BCUT2D eigenvalue weighted by atomic mass is 32.2. The average Bonchev–Trinajstić information content (AvgIpc) is 3.21. The van der Waals surface area contributed by atoms with Gasteiger partial charge in [0.05, 0.1) is 17.9 Å². The van der Waals surface area contributed by atoms with E-state index >= 15 is 0 Å². The Labute approximate surface area is 188 Å². The predicted octanol–water partition coefficient (Wildman–Crippen LogP) is 5.52. The van der Waals surface area contributed by atoms with Gasteiger partial charge in [0.2, 0.25) is 11.8 Å². The van der Waals surface area contributed by atoms with Crippen molar-refractivity contribution in [1.29, 1.82) is 0 Å². The van der Waals surface area contributed by atoms with Gasteiger partial charge in [0.1, 0.15) is 0 Å². The molecule has 5 nitrogen and oxygen atoms in total. The van der Waals surface area contributed by atoms with Crippen LogP contribution in [0.2, 0.25) is 0 Å². The first-order valence-corrected chi connectivity index (χ1v) is 11.6. The van der Waals surface area contributed by atoms with Crippen molar-refractivity contribution in [1.82, 2.24) is 4.98 Å². The van der Waals surface area contributed by atoms with Crippen LogP contribution in [0.25, 0.3) is 10.8 Å². The number of aromatic nitrogens is 1. The number of amides is 2. The molecule has 2 amide bonds. The zero-order valence-corrected chi connectivity index (χ0v) is 18.6.